The summed E-state index contributed by atoms with van der Waals surface area (Å²) in [5, 5.41) is 8.72. The van der Waals surface area contributed by atoms with Crippen molar-refractivity contribution in [2.75, 3.05) is 6.54 Å². The lowest BCUT2D eigenvalue weighted by atomic mass is 10.1. The average molecular weight is 261 g/mol. The molecule has 0 aromatic carbocycles. The van der Waals surface area contributed by atoms with Gasteiger partial charge in [-0.2, -0.15) is 5.26 Å². The van der Waals surface area contributed by atoms with Crippen LogP contribution in [-0.2, 0) is 11.3 Å². The SMILES string of the molecule is CCC(C(=O)NN)N(CCC#N)Cc1cccnc1. The fourth-order valence-corrected chi connectivity index (χ4v) is 1.97. The van der Waals surface area contributed by atoms with Crippen molar-refractivity contribution >= 4 is 5.91 Å². The lowest BCUT2D eigenvalue weighted by Crippen LogP contribution is -2.48. The molecular weight excluding hydrogens is 242 g/mol. The first-order valence-corrected chi connectivity index (χ1v) is 6.23. The molecule has 1 atom stereocenters. The Labute approximate surface area is 113 Å². The van der Waals surface area contributed by atoms with Gasteiger partial charge in [-0.3, -0.25) is 20.1 Å². The molecule has 102 valence electrons. The van der Waals surface area contributed by atoms with E-state index in [1.54, 1.807) is 12.4 Å². The molecule has 1 unspecified atom stereocenters. The highest BCUT2D eigenvalue weighted by molar-refractivity contribution is 5.81. The zero-order valence-electron chi connectivity index (χ0n) is 11.0. The van der Waals surface area contributed by atoms with Crippen LogP contribution in [0.2, 0.25) is 0 Å². The molecule has 0 aliphatic carbocycles. The minimum atomic E-state index is -0.335. The average Bonchev–Trinajstić information content (AvgIpc) is 2.46. The largest absolute Gasteiger partial charge is 0.293 e. The van der Waals surface area contributed by atoms with Crippen LogP contribution < -0.4 is 11.3 Å². The van der Waals surface area contributed by atoms with Crippen molar-refractivity contribution in [3.05, 3.63) is 30.1 Å². The van der Waals surface area contributed by atoms with Crippen LogP contribution >= 0.6 is 0 Å². The van der Waals surface area contributed by atoms with Gasteiger partial charge in [-0.25, -0.2) is 5.84 Å². The molecule has 3 N–H and O–H groups in total. The van der Waals surface area contributed by atoms with Crippen LogP contribution in [-0.4, -0.2) is 28.4 Å². The summed E-state index contributed by atoms with van der Waals surface area (Å²) in [6, 6.07) is 5.56. The maximum Gasteiger partial charge on any atom is 0.251 e. The highest BCUT2D eigenvalue weighted by Crippen LogP contribution is 2.11. The van der Waals surface area contributed by atoms with E-state index in [-0.39, 0.29) is 11.9 Å². The normalized spacial score (nSPS) is 11.9. The van der Waals surface area contributed by atoms with E-state index in [1.165, 1.54) is 0 Å². The second-order valence-electron chi connectivity index (χ2n) is 4.17. The molecule has 6 nitrogen and oxygen atoms in total. The van der Waals surface area contributed by atoms with Crippen LogP contribution in [0.4, 0.5) is 0 Å². The minimum absolute atomic E-state index is 0.232. The van der Waals surface area contributed by atoms with Gasteiger partial charge in [0, 0.05) is 31.9 Å². The van der Waals surface area contributed by atoms with Crippen molar-refractivity contribution < 1.29 is 4.79 Å². The van der Waals surface area contributed by atoms with E-state index in [1.807, 2.05) is 24.0 Å². The zero-order chi connectivity index (χ0) is 14.1. The molecule has 19 heavy (non-hydrogen) atoms. The number of aromatic nitrogens is 1. The number of nitrogens with zero attached hydrogens (tertiary/aromatic N) is 3. The molecule has 0 bridgehead atoms. The first kappa shape index (κ1) is 15.1. The summed E-state index contributed by atoms with van der Waals surface area (Å²) in [6.45, 7) is 3.02. The Balaban J connectivity index is 2.81. The molecule has 0 spiro atoms. The Morgan fingerprint density at radius 1 is 1.68 bits per heavy atom. The van der Waals surface area contributed by atoms with Gasteiger partial charge in [0.25, 0.3) is 5.91 Å². The molecule has 1 aromatic heterocycles. The fourth-order valence-electron chi connectivity index (χ4n) is 1.97. The van der Waals surface area contributed by atoms with Crippen LogP contribution in [0.3, 0.4) is 0 Å². The van der Waals surface area contributed by atoms with Gasteiger partial charge < -0.3 is 0 Å². The summed E-state index contributed by atoms with van der Waals surface area (Å²) in [4.78, 5) is 17.8. The topological polar surface area (TPSA) is 95.0 Å². The van der Waals surface area contributed by atoms with Crippen molar-refractivity contribution in [2.45, 2.75) is 32.4 Å². The quantitative estimate of drug-likeness (QED) is 0.425. The Morgan fingerprint density at radius 2 is 2.47 bits per heavy atom. The number of hydrogen-bond acceptors (Lipinski definition) is 5. The van der Waals surface area contributed by atoms with Crippen LogP contribution in [0.25, 0.3) is 0 Å². The lowest BCUT2D eigenvalue weighted by Gasteiger charge is -2.28. The number of carbonyl (C=O) groups excluding carboxylic acids is 1. The van der Waals surface area contributed by atoms with Crippen LogP contribution in [0, 0.1) is 11.3 Å². The van der Waals surface area contributed by atoms with E-state index >= 15 is 0 Å². The predicted molar refractivity (Wildman–Crippen MR) is 71.3 cm³/mol. The number of carbonyl (C=O) groups is 1. The third-order valence-corrected chi connectivity index (χ3v) is 2.89. The highest BCUT2D eigenvalue weighted by Gasteiger charge is 2.23. The maximum atomic E-state index is 11.8. The number of pyridine rings is 1. The molecular formula is C13H19N5O. The van der Waals surface area contributed by atoms with Gasteiger partial charge in [-0.15, -0.1) is 0 Å². The molecule has 0 saturated carbocycles. The third-order valence-electron chi connectivity index (χ3n) is 2.89. The summed E-state index contributed by atoms with van der Waals surface area (Å²) in [6.07, 6.45) is 4.46. The van der Waals surface area contributed by atoms with E-state index in [0.29, 0.717) is 25.9 Å². The number of nitrogens with one attached hydrogen (secondary N) is 1. The van der Waals surface area contributed by atoms with Crippen LogP contribution in [0.15, 0.2) is 24.5 Å². The second kappa shape index (κ2) is 8.19. The molecule has 1 rings (SSSR count). The number of hydrazine groups is 1. The summed E-state index contributed by atoms with van der Waals surface area (Å²) in [7, 11) is 0. The molecule has 1 aromatic rings. The predicted octanol–water partition coefficient (Wildman–Crippen LogP) is 0.566. The van der Waals surface area contributed by atoms with Crippen molar-refractivity contribution in [1.29, 1.82) is 5.26 Å². The molecule has 0 radical (unpaired) electrons. The highest BCUT2D eigenvalue weighted by atomic mass is 16.2. The summed E-state index contributed by atoms with van der Waals surface area (Å²) in [5.74, 6) is 4.97. The maximum absolute atomic E-state index is 11.8. The van der Waals surface area contributed by atoms with E-state index in [2.05, 4.69) is 16.5 Å². The van der Waals surface area contributed by atoms with Gasteiger partial charge in [-0.1, -0.05) is 13.0 Å². The number of nitrogens with two attached hydrogens (primary N) is 1. The first-order valence-electron chi connectivity index (χ1n) is 6.23. The number of rotatable bonds is 7. The van der Waals surface area contributed by atoms with Gasteiger partial charge in [-0.05, 0) is 18.1 Å². The van der Waals surface area contributed by atoms with E-state index < -0.39 is 0 Å². The Hall–Kier alpha value is -1.97. The van der Waals surface area contributed by atoms with Crippen molar-refractivity contribution in [2.24, 2.45) is 5.84 Å². The van der Waals surface area contributed by atoms with E-state index in [0.717, 1.165) is 5.56 Å². The summed E-state index contributed by atoms with van der Waals surface area (Å²) in [5.41, 5.74) is 3.18. The van der Waals surface area contributed by atoms with Gasteiger partial charge in [0.1, 0.15) is 0 Å². The smallest absolute Gasteiger partial charge is 0.251 e. The molecule has 0 aliphatic heterocycles. The summed E-state index contributed by atoms with van der Waals surface area (Å²) >= 11 is 0. The van der Waals surface area contributed by atoms with Crippen molar-refractivity contribution in [3.63, 3.8) is 0 Å². The summed E-state index contributed by atoms with van der Waals surface area (Å²) < 4.78 is 0. The van der Waals surface area contributed by atoms with Crippen LogP contribution in [0.1, 0.15) is 25.3 Å². The van der Waals surface area contributed by atoms with E-state index in [9.17, 15) is 4.79 Å². The van der Waals surface area contributed by atoms with Gasteiger partial charge in [0.15, 0.2) is 0 Å². The molecule has 0 aliphatic rings. The van der Waals surface area contributed by atoms with Gasteiger partial charge in [0.2, 0.25) is 0 Å². The molecule has 6 heteroatoms. The standard InChI is InChI=1S/C13H19N5O/c1-2-12(13(19)17-15)18(8-4-6-14)10-11-5-3-7-16-9-11/h3,5,7,9,12H,2,4,8,10,15H2,1H3,(H,17,19). The molecule has 1 amide bonds. The van der Waals surface area contributed by atoms with Gasteiger partial charge >= 0.3 is 0 Å². The Kier molecular flexibility index (Phi) is 6.50. The van der Waals surface area contributed by atoms with Crippen LogP contribution in [0.5, 0.6) is 0 Å². The number of hydrogen-bond donors (Lipinski definition) is 2. The second-order valence-corrected chi connectivity index (χ2v) is 4.17. The molecule has 1 heterocycles. The number of amides is 1. The lowest BCUT2D eigenvalue weighted by molar-refractivity contribution is -0.126. The Bertz CT molecular complexity index is 428. The van der Waals surface area contributed by atoms with Crippen molar-refractivity contribution in [3.8, 4) is 6.07 Å². The fraction of sp³-hybridized carbons (Fsp3) is 0.462. The molecule has 0 saturated heterocycles. The minimum Gasteiger partial charge on any atom is -0.293 e. The van der Waals surface area contributed by atoms with E-state index in [4.69, 9.17) is 11.1 Å². The van der Waals surface area contributed by atoms with Crippen molar-refractivity contribution in [1.82, 2.24) is 15.3 Å². The number of nitriles is 1. The zero-order valence-corrected chi connectivity index (χ0v) is 11.0. The monoisotopic (exact) mass is 261 g/mol. The third kappa shape index (κ3) is 4.66. The first-order chi connectivity index (χ1) is 9.22. The van der Waals surface area contributed by atoms with Gasteiger partial charge in [0.05, 0.1) is 12.1 Å². The molecule has 0 fully saturated rings. The Morgan fingerprint density at radius 3 is 3.00 bits per heavy atom.